The van der Waals surface area contributed by atoms with Crippen molar-refractivity contribution in [2.24, 2.45) is 0 Å². The number of aromatic nitrogens is 2. The van der Waals surface area contributed by atoms with Crippen molar-refractivity contribution in [2.75, 3.05) is 18.9 Å². The van der Waals surface area contributed by atoms with Crippen LogP contribution in [0.25, 0.3) is 0 Å². The minimum absolute atomic E-state index is 0.0950. The van der Waals surface area contributed by atoms with Crippen LogP contribution in [0.2, 0.25) is 5.02 Å². The van der Waals surface area contributed by atoms with Gasteiger partial charge in [-0.1, -0.05) is 35.5 Å². The van der Waals surface area contributed by atoms with Crippen molar-refractivity contribution < 1.29 is 23.1 Å². The van der Waals surface area contributed by atoms with Crippen LogP contribution in [0.1, 0.15) is 18.9 Å². The van der Waals surface area contributed by atoms with E-state index in [0.29, 0.717) is 23.9 Å². The summed E-state index contributed by atoms with van der Waals surface area (Å²) in [7, 11) is 0. The monoisotopic (exact) mass is 451 g/mol. The largest absolute Gasteiger partial charge is 0.492 e. The van der Waals surface area contributed by atoms with Crippen LogP contribution in [0.3, 0.4) is 0 Å². The highest BCUT2D eigenvalue weighted by atomic mass is 35.5. The van der Waals surface area contributed by atoms with Gasteiger partial charge in [0, 0.05) is 5.02 Å². The van der Waals surface area contributed by atoms with Gasteiger partial charge in [-0.2, -0.15) is 0 Å². The third-order valence-electron chi connectivity index (χ3n) is 3.74. The molecule has 0 saturated carbocycles. The van der Waals surface area contributed by atoms with Gasteiger partial charge in [-0.05, 0) is 43.3 Å². The fraction of sp³-hybridized carbons (Fsp3) is 0.250. The Morgan fingerprint density at radius 1 is 1.23 bits per heavy atom. The summed E-state index contributed by atoms with van der Waals surface area (Å²) >= 11 is 6.90. The van der Waals surface area contributed by atoms with Gasteiger partial charge in [-0.15, -0.1) is 10.2 Å². The molecule has 1 heterocycles. The van der Waals surface area contributed by atoms with E-state index in [1.54, 1.807) is 43.3 Å². The molecule has 0 bridgehead atoms. The van der Waals surface area contributed by atoms with E-state index in [1.807, 2.05) is 0 Å². The first-order valence-electron chi connectivity index (χ1n) is 9.03. The molecule has 3 rings (SSSR count). The van der Waals surface area contributed by atoms with E-state index in [4.69, 9.17) is 25.5 Å². The van der Waals surface area contributed by atoms with E-state index in [1.165, 1.54) is 12.1 Å². The number of nitrogens with zero attached hydrogens (tertiary/aromatic N) is 2. The fourth-order valence-corrected chi connectivity index (χ4v) is 3.02. The number of ether oxygens (including phenoxy) is 2. The Morgan fingerprint density at radius 3 is 2.77 bits per heavy atom. The lowest BCUT2D eigenvalue weighted by Gasteiger charge is -2.11. The Balaban J connectivity index is 1.37. The van der Waals surface area contributed by atoms with Crippen LogP contribution in [-0.2, 0) is 4.79 Å². The Bertz CT molecular complexity index is 971. The van der Waals surface area contributed by atoms with Crippen molar-refractivity contribution in [2.45, 2.75) is 18.3 Å². The number of benzene rings is 2. The van der Waals surface area contributed by atoms with Crippen LogP contribution in [0, 0.1) is 5.82 Å². The Morgan fingerprint density at radius 2 is 2.00 bits per heavy atom. The summed E-state index contributed by atoms with van der Waals surface area (Å²) in [5, 5.41) is 11.4. The molecule has 0 aliphatic rings. The van der Waals surface area contributed by atoms with Gasteiger partial charge in [0.15, 0.2) is 17.7 Å². The number of para-hydroxylation sites is 1. The zero-order chi connectivity index (χ0) is 21.3. The number of carbonyl (C=O) groups excluding carboxylic acids is 1. The maximum Gasteiger partial charge on any atom is 0.277 e. The van der Waals surface area contributed by atoms with Crippen molar-refractivity contribution in [3.8, 4) is 11.5 Å². The van der Waals surface area contributed by atoms with Crippen LogP contribution in [0.5, 0.6) is 11.5 Å². The van der Waals surface area contributed by atoms with Crippen molar-refractivity contribution in [3.05, 3.63) is 65.3 Å². The molecular formula is C20H19ClFN3O4S. The van der Waals surface area contributed by atoms with Gasteiger partial charge in [0.1, 0.15) is 12.4 Å². The highest BCUT2D eigenvalue weighted by Crippen LogP contribution is 2.25. The van der Waals surface area contributed by atoms with Crippen LogP contribution in [-0.4, -0.2) is 35.0 Å². The Kier molecular flexibility index (Phi) is 7.92. The first-order chi connectivity index (χ1) is 14.5. The molecule has 158 valence electrons. The minimum Gasteiger partial charge on any atom is -0.492 e. The molecule has 0 saturated heterocycles. The first-order valence-corrected chi connectivity index (χ1v) is 10.4. The SMILES string of the molecule is C[C@@H](Oc1ccccc1F)c1nnc(SCC(=O)NCCOc2ccc(Cl)cc2)o1. The molecule has 0 fully saturated rings. The van der Waals surface area contributed by atoms with Crippen LogP contribution in [0.15, 0.2) is 58.2 Å². The quantitative estimate of drug-likeness (QED) is 0.363. The number of hydrogen-bond acceptors (Lipinski definition) is 7. The van der Waals surface area contributed by atoms with Crippen molar-refractivity contribution in [3.63, 3.8) is 0 Å². The van der Waals surface area contributed by atoms with Gasteiger partial charge < -0.3 is 19.2 Å². The lowest BCUT2D eigenvalue weighted by atomic mass is 10.3. The molecule has 7 nitrogen and oxygen atoms in total. The molecule has 0 aliphatic carbocycles. The third kappa shape index (κ3) is 6.64. The van der Waals surface area contributed by atoms with Gasteiger partial charge in [0.05, 0.1) is 12.3 Å². The second-order valence-electron chi connectivity index (χ2n) is 6.04. The summed E-state index contributed by atoms with van der Waals surface area (Å²) in [5.74, 6) is 0.388. The van der Waals surface area contributed by atoms with Gasteiger partial charge in [-0.3, -0.25) is 4.79 Å². The summed E-state index contributed by atoms with van der Waals surface area (Å²) in [6.45, 7) is 2.35. The summed E-state index contributed by atoms with van der Waals surface area (Å²) in [5.41, 5.74) is 0. The first kappa shape index (κ1) is 21.9. The van der Waals surface area contributed by atoms with E-state index in [0.717, 1.165) is 11.8 Å². The average molecular weight is 452 g/mol. The molecule has 3 aromatic rings. The molecule has 30 heavy (non-hydrogen) atoms. The maximum absolute atomic E-state index is 13.7. The number of hydrogen-bond donors (Lipinski definition) is 1. The van der Waals surface area contributed by atoms with Crippen LogP contribution >= 0.6 is 23.4 Å². The molecule has 1 amide bonds. The van der Waals surface area contributed by atoms with E-state index < -0.39 is 11.9 Å². The van der Waals surface area contributed by atoms with Crippen molar-refractivity contribution >= 4 is 29.3 Å². The number of thioether (sulfide) groups is 1. The van der Waals surface area contributed by atoms with Crippen molar-refractivity contribution in [1.82, 2.24) is 15.5 Å². The lowest BCUT2D eigenvalue weighted by molar-refractivity contribution is -0.118. The number of halogens is 2. The molecule has 0 spiro atoms. The lowest BCUT2D eigenvalue weighted by Crippen LogP contribution is -2.29. The summed E-state index contributed by atoms with van der Waals surface area (Å²) < 4.78 is 30.1. The van der Waals surface area contributed by atoms with Crippen LogP contribution in [0.4, 0.5) is 4.39 Å². The zero-order valence-electron chi connectivity index (χ0n) is 16.0. The molecule has 0 radical (unpaired) electrons. The summed E-state index contributed by atoms with van der Waals surface area (Å²) in [4.78, 5) is 11.9. The fourth-order valence-electron chi connectivity index (χ4n) is 2.29. The molecule has 1 aromatic heterocycles. The molecule has 0 aliphatic heterocycles. The van der Waals surface area contributed by atoms with Gasteiger partial charge in [0.2, 0.25) is 5.91 Å². The Labute approximate surface area is 181 Å². The summed E-state index contributed by atoms with van der Waals surface area (Å²) in [6.07, 6.45) is -0.636. The molecule has 1 N–H and O–H groups in total. The van der Waals surface area contributed by atoms with E-state index in [2.05, 4.69) is 15.5 Å². The molecule has 1 atom stereocenters. The van der Waals surface area contributed by atoms with Gasteiger partial charge >= 0.3 is 0 Å². The number of nitrogens with one attached hydrogen (secondary N) is 1. The standard InChI is InChI=1S/C20H19ClFN3O4S/c1-13(28-17-5-3-2-4-16(17)22)19-24-25-20(29-19)30-12-18(26)23-10-11-27-15-8-6-14(21)7-9-15/h2-9,13H,10-12H2,1H3,(H,23,26)/t13-/m1/s1. The van der Waals surface area contributed by atoms with Gasteiger partial charge in [-0.25, -0.2) is 4.39 Å². The highest BCUT2D eigenvalue weighted by Gasteiger charge is 2.18. The third-order valence-corrected chi connectivity index (χ3v) is 4.81. The van der Waals surface area contributed by atoms with E-state index >= 15 is 0 Å². The maximum atomic E-state index is 13.7. The Hall–Kier alpha value is -2.78. The summed E-state index contributed by atoms with van der Waals surface area (Å²) in [6, 6.07) is 13.0. The predicted molar refractivity (Wildman–Crippen MR) is 110 cm³/mol. The second-order valence-corrected chi connectivity index (χ2v) is 7.40. The average Bonchev–Trinajstić information content (AvgIpc) is 3.22. The topological polar surface area (TPSA) is 86.5 Å². The molecule has 10 heteroatoms. The smallest absolute Gasteiger partial charge is 0.277 e. The van der Waals surface area contributed by atoms with Gasteiger partial charge in [0.25, 0.3) is 11.1 Å². The number of amides is 1. The number of rotatable bonds is 10. The van der Waals surface area contributed by atoms with E-state index in [9.17, 15) is 9.18 Å². The predicted octanol–water partition coefficient (Wildman–Crippen LogP) is 4.29. The minimum atomic E-state index is -0.636. The second kappa shape index (κ2) is 10.8. The number of carbonyl (C=O) groups is 1. The zero-order valence-corrected chi connectivity index (χ0v) is 17.6. The van der Waals surface area contributed by atoms with E-state index in [-0.39, 0.29) is 28.5 Å². The van der Waals surface area contributed by atoms with Crippen molar-refractivity contribution in [1.29, 1.82) is 0 Å². The molecular weight excluding hydrogens is 433 g/mol. The highest BCUT2D eigenvalue weighted by molar-refractivity contribution is 7.99. The molecule has 0 unspecified atom stereocenters. The molecule has 2 aromatic carbocycles. The van der Waals surface area contributed by atoms with Crippen LogP contribution < -0.4 is 14.8 Å². The normalized spacial score (nSPS) is 11.7.